The van der Waals surface area contributed by atoms with E-state index in [0.29, 0.717) is 47.4 Å². The zero-order valence-corrected chi connectivity index (χ0v) is 15.6. The summed E-state index contributed by atoms with van der Waals surface area (Å²) in [5.41, 5.74) is 1.55. The maximum Gasteiger partial charge on any atom is 0.257 e. The predicted octanol–water partition coefficient (Wildman–Crippen LogP) is 3.62. The van der Waals surface area contributed by atoms with E-state index in [1.54, 1.807) is 13.0 Å². The zero-order chi connectivity index (χ0) is 18.4. The number of amides is 1. The summed E-state index contributed by atoms with van der Waals surface area (Å²) in [6.07, 6.45) is 3.12. The Morgan fingerprint density at radius 2 is 2.27 bits per heavy atom. The van der Waals surface area contributed by atoms with Gasteiger partial charge in [-0.1, -0.05) is 35.0 Å². The van der Waals surface area contributed by atoms with Gasteiger partial charge in [-0.15, -0.1) is 0 Å². The first kappa shape index (κ1) is 18.9. The second-order valence-electron chi connectivity index (χ2n) is 6.26. The van der Waals surface area contributed by atoms with E-state index < -0.39 is 0 Å². The fourth-order valence-electron chi connectivity index (χ4n) is 2.93. The Balaban J connectivity index is 1.50. The van der Waals surface area contributed by atoms with E-state index in [1.807, 2.05) is 18.2 Å². The third-order valence-electron chi connectivity index (χ3n) is 4.30. The highest BCUT2D eigenvalue weighted by atomic mass is 35.5. The fraction of sp³-hybridized carbons (Fsp3) is 0.474. The molecule has 0 aliphatic carbocycles. The molecule has 1 aromatic carbocycles. The van der Waals surface area contributed by atoms with Gasteiger partial charge < -0.3 is 19.3 Å². The quantitative estimate of drug-likeness (QED) is 0.710. The van der Waals surface area contributed by atoms with Gasteiger partial charge in [0.25, 0.3) is 5.91 Å². The Labute approximate surface area is 157 Å². The van der Waals surface area contributed by atoms with Crippen molar-refractivity contribution in [2.45, 2.75) is 32.3 Å². The molecule has 7 heteroatoms. The molecule has 1 amide bonds. The average molecular weight is 379 g/mol. The molecule has 1 atom stereocenters. The van der Waals surface area contributed by atoms with E-state index in [9.17, 15) is 4.79 Å². The molecule has 0 spiro atoms. The van der Waals surface area contributed by atoms with Gasteiger partial charge >= 0.3 is 0 Å². The number of nitrogens with zero attached hydrogens (tertiary/aromatic N) is 1. The number of ether oxygens (including phenoxy) is 2. The number of halogens is 1. The van der Waals surface area contributed by atoms with Crippen molar-refractivity contribution in [2.24, 2.45) is 0 Å². The summed E-state index contributed by atoms with van der Waals surface area (Å²) in [6, 6.07) is 7.25. The van der Waals surface area contributed by atoms with E-state index in [4.69, 9.17) is 25.6 Å². The van der Waals surface area contributed by atoms with Crippen molar-refractivity contribution in [3.8, 4) is 11.3 Å². The molecule has 1 unspecified atom stereocenters. The lowest BCUT2D eigenvalue weighted by Crippen LogP contribution is -2.26. The van der Waals surface area contributed by atoms with Gasteiger partial charge in [0.05, 0.1) is 17.7 Å². The summed E-state index contributed by atoms with van der Waals surface area (Å²) in [4.78, 5) is 12.6. The third-order valence-corrected chi connectivity index (χ3v) is 4.63. The van der Waals surface area contributed by atoms with Gasteiger partial charge in [-0.2, -0.15) is 0 Å². The molecule has 0 bridgehead atoms. The molecule has 1 N–H and O–H groups in total. The minimum Gasteiger partial charge on any atom is -0.379 e. The molecule has 1 aliphatic rings. The van der Waals surface area contributed by atoms with E-state index in [-0.39, 0.29) is 12.0 Å². The van der Waals surface area contributed by atoms with Crippen molar-refractivity contribution in [1.29, 1.82) is 0 Å². The van der Waals surface area contributed by atoms with Gasteiger partial charge in [0.2, 0.25) is 0 Å². The summed E-state index contributed by atoms with van der Waals surface area (Å²) in [6.45, 7) is 4.26. The van der Waals surface area contributed by atoms with E-state index in [2.05, 4.69) is 10.5 Å². The number of rotatable bonds is 8. The van der Waals surface area contributed by atoms with Crippen LogP contribution in [0, 0.1) is 6.92 Å². The molecule has 140 valence electrons. The molecule has 0 radical (unpaired) electrons. The van der Waals surface area contributed by atoms with Crippen LogP contribution in [0.1, 0.15) is 35.4 Å². The molecule has 2 aromatic rings. The Bertz CT molecular complexity index is 741. The van der Waals surface area contributed by atoms with Gasteiger partial charge in [-0.25, -0.2) is 0 Å². The lowest BCUT2D eigenvalue weighted by Gasteiger charge is -2.10. The first-order valence-corrected chi connectivity index (χ1v) is 9.23. The lowest BCUT2D eigenvalue weighted by molar-refractivity contribution is 0.0166. The Kier molecular flexibility index (Phi) is 6.66. The number of hydrogen-bond donors (Lipinski definition) is 1. The van der Waals surface area contributed by atoms with Gasteiger partial charge in [0.1, 0.15) is 17.0 Å². The second kappa shape index (κ2) is 9.16. The molecule has 6 nitrogen and oxygen atoms in total. The van der Waals surface area contributed by atoms with Crippen LogP contribution in [-0.2, 0) is 9.47 Å². The van der Waals surface area contributed by atoms with Crippen molar-refractivity contribution in [3.05, 3.63) is 40.6 Å². The number of aromatic nitrogens is 1. The zero-order valence-electron chi connectivity index (χ0n) is 14.8. The normalized spacial score (nSPS) is 16.8. The van der Waals surface area contributed by atoms with Gasteiger partial charge in [0.15, 0.2) is 0 Å². The number of nitrogens with one attached hydrogen (secondary N) is 1. The van der Waals surface area contributed by atoms with Crippen molar-refractivity contribution in [2.75, 3.05) is 26.4 Å². The SMILES string of the molecule is Cc1onc(-c2ccccc2Cl)c1C(=O)NCCCOCC1CCCO1. The van der Waals surface area contributed by atoms with Crippen LogP contribution in [0.5, 0.6) is 0 Å². The summed E-state index contributed by atoms with van der Waals surface area (Å²) in [5, 5.41) is 7.43. The summed E-state index contributed by atoms with van der Waals surface area (Å²) >= 11 is 6.22. The highest BCUT2D eigenvalue weighted by Crippen LogP contribution is 2.30. The number of carbonyl (C=O) groups excluding carboxylic acids is 1. The van der Waals surface area contributed by atoms with Crippen LogP contribution in [0.15, 0.2) is 28.8 Å². The predicted molar refractivity (Wildman–Crippen MR) is 98.4 cm³/mol. The Morgan fingerprint density at radius 1 is 1.42 bits per heavy atom. The van der Waals surface area contributed by atoms with Crippen LogP contribution in [-0.4, -0.2) is 43.5 Å². The topological polar surface area (TPSA) is 73.6 Å². The molecule has 3 rings (SSSR count). The largest absolute Gasteiger partial charge is 0.379 e. The Hall–Kier alpha value is -1.89. The minimum atomic E-state index is -0.224. The van der Waals surface area contributed by atoms with Crippen LogP contribution < -0.4 is 5.32 Å². The average Bonchev–Trinajstić information content (AvgIpc) is 3.28. The molecule has 26 heavy (non-hydrogen) atoms. The number of aryl methyl sites for hydroxylation is 1. The van der Waals surface area contributed by atoms with Crippen LogP contribution in [0.4, 0.5) is 0 Å². The lowest BCUT2D eigenvalue weighted by atomic mass is 10.1. The summed E-state index contributed by atoms with van der Waals surface area (Å²) < 4.78 is 16.3. The maximum atomic E-state index is 12.6. The minimum absolute atomic E-state index is 0.224. The number of benzene rings is 1. The first-order valence-electron chi connectivity index (χ1n) is 8.85. The van der Waals surface area contributed by atoms with E-state index >= 15 is 0 Å². The number of hydrogen-bond acceptors (Lipinski definition) is 5. The molecule has 0 saturated carbocycles. The number of carbonyl (C=O) groups is 1. The summed E-state index contributed by atoms with van der Waals surface area (Å²) in [5.74, 6) is 0.241. The van der Waals surface area contributed by atoms with Crippen LogP contribution in [0.3, 0.4) is 0 Å². The maximum absolute atomic E-state index is 12.6. The smallest absolute Gasteiger partial charge is 0.257 e. The molecular formula is C19H23ClN2O4. The van der Waals surface area contributed by atoms with Crippen LogP contribution in [0.2, 0.25) is 5.02 Å². The van der Waals surface area contributed by atoms with Crippen molar-refractivity contribution >= 4 is 17.5 Å². The summed E-state index contributed by atoms with van der Waals surface area (Å²) in [7, 11) is 0. The fourth-order valence-corrected chi connectivity index (χ4v) is 3.16. The highest BCUT2D eigenvalue weighted by molar-refractivity contribution is 6.33. The first-order chi connectivity index (χ1) is 12.7. The second-order valence-corrected chi connectivity index (χ2v) is 6.67. The molecular weight excluding hydrogens is 356 g/mol. The van der Waals surface area contributed by atoms with Crippen LogP contribution in [0.25, 0.3) is 11.3 Å². The molecule has 1 saturated heterocycles. The Morgan fingerprint density at radius 3 is 3.04 bits per heavy atom. The van der Waals surface area contributed by atoms with Gasteiger partial charge in [0, 0.05) is 25.3 Å². The molecule has 1 aromatic heterocycles. The van der Waals surface area contributed by atoms with Crippen molar-refractivity contribution < 1.29 is 18.8 Å². The van der Waals surface area contributed by atoms with Gasteiger partial charge in [-0.3, -0.25) is 4.79 Å². The van der Waals surface area contributed by atoms with Crippen molar-refractivity contribution in [1.82, 2.24) is 10.5 Å². The van der Waals surface area contributed by atoms with Gasteiger partial charge in [-0.05, 0) is 32.3 Å². The molecule has 2 heterocycles. The molecule has 1 aliphatic heterocycles. The molecule has 1 fully saturated rings. The highest BCUT2D eigenvalue weighted by Gasteiger charge is 2.22. The monoisotopic (exact) mass is 378 g/mol. The van der Waals surface area contributed by atoms with E-state index in [1.165, 1.54) is 0 Å². The van der Waals surface area contributed by atoms with E-state index in [0.717, 1.165) is 25.9 Å². The third kappa shape index (κ3) is 4.63. The standard InChI is InChI=1S/C19H23ClN2O4/c1-13-17(18(22-26-13)15-7-2-3-8-16(15)20)19(23)21-9-5-10-24-12-14-6-4-11-25-14/h2-3,7-8,14H,4-6,9-12H2,1H3,(H,21,23). The van der Waals surface area contributed by atoms with Crippen LogP contribution >= 0.6 is 11.6 Å². The van der Waals surface area contributed by atoms with Crippen molar-refractivity contribution in [3.63, 3.8) is 0 Å².